The quantitative estimate of drug-likeness (QED) is 0.541. The van der Waals surface area contributed by atoms with Crippen molar-refractivity contribution in [3.63, 3.8) is 0 Å². The third-order valence-electron chi connectivity index (χ3n) is 7.62. The highest BCUT2D eigenvalue weighted by Crippen LogP contribution is 2.56. The Balaban J connectivity index is 1.23. The molecule has 2 aromatic heterocycles. The van der Waals surface area contributed by atoms with Gasteiger partial charge in [0.15, 0.2) is 17.4 Å². The van der Waals surface area contributed by atoms with Crippen molar-refractivity contribution >= 4 is 17.4 Å². The number of rotatable bonds is 4. The maximum absolute atomic E-state index is 13.7. The van der Waals surface area contributed by atoms with Crippen LogP contribution in [-0.2, 0) is 13.1 Å². The molecule has 1 saturated carbocycles. The molecule has 10 heteroatoms. The maximum atomic E-state index is 13.7. The molecule has 180 valence electrons. The fourth-order valence-electron chi connectivity index (χ4n) is 5.76. The summed E-state index contributed by atoms with van der Waals surface area (Å²) in [4.78, 5) is 8.50. The van der Waals surface area contributed by atoms with Gasteiger partial charge in [0.1, 0.15) is 11.6 Å². The number of nitriles is 1. The molecule has 0 radical (unpaired) electrons. The summed E-state index contributed by atoms with van der Waals surface area (Å²) in [6.45, 7) is 4.85. The summed E-state index contributed by atoms with van der Waals surface area (Å²) < 4.78 is 21.0. The highest BCUT2D eigenvalue weighted by Gasteiger charge is 2.54. The standard InChI is InChI=1S/C25H25ClFN7O/c1-15(9-28)32-11-16-5-18(26)3-4-20(16)34-23(12-32)30-31-24(34)17-7-25(8-17)13-33(14-25)22-6-21(35-2)19(27)10-29-22/h3-6,10,15,17H,7-8,11-14H2,1-2H3. The second kappa shape index (κ2) is 8.18. The van der Waals surface area contributed by atoms with E-state index in [-0.39, 0.29) is 17.2 Å². The van der Waals surface area contributed by atoms with Gasteiger partial charge in [-0.05, 0) is 43.5 Å². The van der Waals surface area contributed by atoms with Crippen molar-refractivity contribution in [2.24, 2.45) is 5.41 Å². The Kier molecular flexibility index (Phi) is 5.20. The summed E-state index contributed by atoms with van der Waals surface area (Å²) in [5, 5.41) is 19.4. The zero-order valence-electron chi connectivity index (χ0n) is 19.6. The van der Waals surface area contributed by atoms with Crippen LogP contribution in [-0.4, -0.2) is 50.9 Å². The molecule has 0 N–H and O–H groups in total. The third kappa shape index (κ3) is 3.63. The number of benzene rings is 1. The fraction of sp³-hybridized carbons (Fsp3) is 0.440. The first-order valence-electron chi connectivity index (χ1n) is 11.7. The molecule has 1 aliphatic carbocycles. The lowest BCUT2D eigenvalue weighted by Gasteiger charge is -2.59. The van der Waals surface area contributed by atoms with Crippen LogP contribution in [0.25, 0.3) is 5.69 Å². The lowest BCUT2D eigenvalue weighted by atomic mass is 9.57. The second-order valence-corrected chi connectivity index (χ2v) is 10.4. The van der Waals surface area contributed by atoms with Crippen LogP contribution in [0.2, 0.25) is 5.02 Å². The molecular formula is C25H25ClFN7O. The first-order valence-corrected chi connectivity index (χ1v) is 12.1. The number of fused-ring (bicyclic) bond motifs is 3. The second-order valence-electron chi connectivity index (χ2n) is 9.93. The number of ether oxygens (including phenoxy) is 1. The molecule has 8 nitrogen and oxygen atoms in total. The first kappa shape index (κ1) is 22.3. The molecule has 0 amide bonds. The van der Waals surface area contributed by atoms with E-state index >= 15 is 0 Å². The van der Waals surface area contributed by atoms with Gasteiger partial charge in [-0.25, -0.2) is 9.37 Å². The monoisotopic (exact) mass is 493 g/mol. The molecule has 1 unspecified atom stereocenters. The normalized spacial score (nSPS) is 19.7. The lowest BCUT2D eigenvalue weighted by Crippen LogP contribution is -2.62. The summed E-state index contributed by atoms with van der Waals surface area (Å²) in [7, 11) is 1.46. The Morgan fingerprint density at radius 3 is 2.77 bits per heavy atom. The molecule has 0 bridgehead atoms. The highest BCUT2D eigenvalue weighted by atomic mass is 35.5. The molecule has 1 spiro atoms. The molecule has 1 atom stereocenters. The average Bonchev–Trinajstić information content (AvgIpc) is 3.12. The predicted octanol–water partition coefficient (Wildman–Crippen LogP) is 4.08. The highest BCUT2D eigenvalue weighted by molar-refractivity contribution is 6.30. The van der Waals surface area contributed by atoms with E-state index in [1.165, 1.54) is 13.3 Å². The van der Waals surface area contributed by atoms with E-state index in [9.17, 15) is 9.65 Å². The van der Waals surface area contributed by atoms with E-state index in [2.05, 4.69) is 35.6 Å². The molecule has 4 heterocycles. The summed E-state index contributed by atoms with van der Waals surface area (Å²) >= 11 is 6.33. The van der Waals surface area contributed by atoms with Gasteiger partial charge in [0.25, 0.3) is 0 Å². The average molecular weight is 494 g/mol. The molecule has 2 fully saturated rings. The Bertz CT molecular complexity index is 1340. The van der Waals surface area contributed by atoms with Gasteiger partial charge in [0.05, 0.1) is 37.6 Å². The van der Waals surface area contributed by atoms with Crippen molar-refractivity contribution in [2.45, 2.75) is 44.8 Å². The van der Waals surface area contributed by atoms with Gasteiger partial charge in [-0.2, -0.15) is 5.26 Å². The zero-order valence-corrected chi connectivity index (χ0v) is 20.3. The molecular weight excluding hydrogens is 469 g/mol. The van der Waals surface area contributed by atoms with Crippen LogP contribution in [0.4, 0.5) is 10.2 Å². The van der Waals surface area contributed by atoms with Crippen molar-refractivity contribution in [3.8, 4) is 17.5 Å². The van der Waals surface area contributed by atoms with E-state index in [0.717, 1.165) is 54.6 Å². The van der Waals surface area contributed by atoms with Crippen LogP contribution in [0.5, 0.6) is 5.75 Å². The topological polar surface area (TPSA) is 83.1 Å². The number of aromatic nitrogens is 4. The van der Waals surface area contributed by atoms with Gasteiger partial charge in [0.2, 0.25) is 0 Å². The third-order valence-corrected chi connectivity index (χ3v) is 7.85. The molecule has 1 aromatic carbocycles. The van der Waals surface area contributed by atoms with Crippen LogP contribution in [0.15, 0.2) is 30.5 Å². The van der Waals surface area contributed by atoms with Crippen LogP contribution >= 0.6 is 11.6 Å². The van der Waals surface area contributed by atoms with Crippen LogP contribution in [0.3, 0.4) is 0 Å². The number of hydrogen-bond acceptors (Lipinski definition) is 7. The Hall–Kier alpha value is -3.22. The van der Waals surface area contributed by atoms with Crippen LogP contribution in [0.1, 0.15) is 42.9 Å². The van der Waals surface area contributed by atoms with Crippen molar-refractivity contribution in [1.29, 1.82) is 5.26 Å². The van der Waals surface area contributed by atoms with Crippen molar-refractivity contribution in [3.05, 3.63) is 58.5 Å². The summed E-state index contributed by atoms with van der Waals surface area (Å²) in [5.41, 5.74) is 2.32. The lowest BCUT2D eigenvalue weighted by molar-refractivity contribution is 0.0581. The molecule has 35 heavy (non-hydrogen) atoms. The van der Waals surface area contributed by atoms with E-state index in [1.54, 1.807) is 6.07 Å². The number of methoxy groups -OCH3 is 1. The van der Waals surface area contributed by atoms with E-state index in [1.807, 2.05) is 25.1 Å². The summed E-state index contributed by atoms with van der Waals surface area (Å²) in [6, 6.07) is 9.65. The van der Waals surface area contributed by atoms with Gasteiger partial charge in [-0.3, -0.25) is 9.47 Å². The first-order chi connectivity index (χ1) is 16.9. The minimum Gasteiger partial charge on any atom is -0.493 e. The SMILES string of the molecule is COc1cc(N2CC3(CC(c4nnc5n4-c4ccc(Cl)cc4CN(C(C)C#N)C5)C3)C2)ncc1F. The fourth-order valence-corrected chi connectivity index (χ4v) is 5.96. The minimum absolute atomic E-state index is 0.215. The van der Waals surface area contributed by atoms with Crippen molar-refractivity contribution < 1.29 is 9.13 Å². The van der Waals surface area contributed by atoms with E-state index in [0.29, 0.717) is 24.0 Å². The Morgan fingerprint density at radius 1 is 1.23 bits per heavy atom. The van der Waals surface area contributed by atoms with Gasteiger partial charge in [0, 0.05) is 42.1 Å². The number of pyridine rings is 1. The van der Waals surface area contributed by atoms with Gasteiger partial charge < -0.3 is 9.64 Å². The summed E-state index contributed by atoms with van der Waals surface area (Å²) in [6.07, 6.45) is 3.25. The van der Waals surface area contributed by atoms with Crippen LogP contribution < -0.4 is 9.64 Å². The van der Waals surface area contributed by atoms with Gasteiger partial charge >= 0.3 is 0 Å². The number of nitrogens with zero attached hydrogens (tertiary/aromatic N) is 7. The number of hydrogen-bond donors (Lipinski definition) is 0. The van der Waals surface area contributed by atoms with Crippen molar-refractivity contribution in [2.75, 3.05) is 25.1 Å². The molecule has 1 saturated heterocycles. The molecule has 3 aliphatic rings. The molecule has 2 aliphatic heterocycles. The Morgan fingerprint density at radius 2 is 2.03 bits per heavy atom. The minimum atomic E-state index is -0.452. The number of anilines is 1. The van der Waals surface area contributed by atoms with Crippen molar-refractivity contribution in [1.82, 2.24) is 24.6 Å². The number of halogens is 2. The molecule has 3 aromatic rings. The van der Waals surface area contributed by atoms with E-state index in [4.69, 9.17) is 16.3 Å². The zero-order chi connectivity index (χ0) is 24.3. The Labute approximate surface area is 207 Å². The smallest absolute Gasteiger partial charge is 0.183 e. The predicted molar refractivity (Wildman–Crippen MR) is 128 cm³/mol. The van der Waals surface area contributed by atoms with Crippen LogP contribution in [0, 0.1) is 22.6 Å². The summed E-state index contributed by atoms with van der Waals surface area (Å²) in [5.74, 6) is 2.63. The maximum Gasteiger partial charge on any atom is 0.183 e. The van der Waals surface area contributed by atoms with Gasteiger partial charge in [-0.15, -0.1) is 10.2 Å². The molecule has 6 rings (SSSR count). The van der Waals surface area contributed by atoms with Gasteiger partial charge in [-0.1, -0.05) is 11.6 Å². The van der Waals surface area contributed by atoms with E-state index < -0.39 is 5.82 Å². The largest absolute Gasteiger partial charge is 0.493 e.